The molecule has 0 radical (unpaired) electrons. The zero-order valence-electron chi connectivity index (χ0n) is 12.4. The first kappa shape index (κ1) is 17.1. The van der Waals surface area contributed by atoms with Crippen molar-refractivity contribution in [3.63, 3.8) is 0 Å². The summed E-state index contributed by atoms with van der Waals surface area (Å²) in [5.74, 6) is -0.439. The summed E-state index contributed by atoms with van der Waals surface area (Å²) in [7, 11) is -2.37. The van der Waals surface area contributed by atoms with Gasteiger partial charge in [-0.1, -0.05) is 26.0 Å². The molecule has 1 aromatic rings. The maximum atomic E-state index is 13.8. The Morgan fingerprint density at radius 3 is 2.45 bits per heavy atom. The Labute approximate surface area is 120 Å². The van der Waals surface area contributed by atoms with Crippen LogP contribution in [-0.2, 0) is 10.0 Å². The van der Waals surface area contributed by atoms with Crippen LogP contribution in [0.3, 0.4) is 0 Å². The molecule has 0 fully saturated rings. The molecule has 0 spiro atoms. The minimum Gasteiger partial charge on any atom is -0.327 e. The molecule has 1 unspecified atom stereocenters. The Morgan fingerprint density at radius 1 is 1.35 bits per heavy atom. The molecule has 0 saturated carbocycles. The molecule has 0 saturated heterocycles. The molecule has 0 aromatic heterocycles. The summed E-state index contributed by atoms with van der Waals surface area (Å²) in [6.45, 7) is 5.83. The van der Waals surface area contributed by atoms with Gasteiger partial charge in [0.2, 0.25) is 10.0 Å². The second-order valence-corrected chi connectivity index (χ2v) is 7.39. The van der Waals surface area contributed by atoms with Crippen molar-refractivity contribution in [1.82, 2.24) is 4.31 Å². The second kappa shape index (κ2) is 6.65. The Kier molecular flexibility index (Phi) is 5.68. The van der Waals surface area contributed by atoms with Crippen LogP contribution in [-0.4, -0.2) is 32.4 Å². The molecule has 0 bridgehead atoms. The van der Waals surface area contributed by atoms with Crippen molar-refractivity contribution in [2.45, 2.75) is 38.1 Å². The van der Waals surface area contributed by atoms with Gasteiger partial charge in [-0.3, -0.25) is 0 Å². The number of rotatable bonds is 6. The van der Waals surface area contributed by atoms with Gasteiger partial charge in [0.25, 0.3) is 0 Å². The van der Waals surface area contributed by atoms with E-state index in [0.717, 1.165) is 6.07 Å². The number of benzene rings is 1. The van der Waals surface area contributed by atoms with Gasteiger partial charge < -0.3 is 5.73 Å². The zero-order valence-corrected chi connectivity index (χ0v) is 13.2. The molecule has 2 N–H and O–H groups in total. The molecule has 0 heterocycles. The zero-order chi connectivity index (χ0) is 15.5. The quantitative estimate of drug-likeness (QED) is 0.875. The van der Waals surface area contributed by atoms with Gasteiger partial charge in [0, 0.05) is 19.6 Å². The minimum absolute atomic E-state index is 0.0747. The third-order valence-electron chi connectivity index (χ3n) is 3.47. The minimum atomic E-state index is -3.82. The number of sulfonamides is 1. The Bertz CT molecular complexity index is 538. The number of halogens is 1. The van der Waals surface area contributed by atoms with Crippen molar-refractivity contribution in [3.05, 3.63) is 29.6 Å². The van der Waals surface area contributed by atoms with Crippen LogP contribution < -0.4 is 5.73 Å². The van der Waals surface area contributed by atoms with Gasteiger partial charge in [-0.15, -0.1) is 0 Å². The Hall–Kier alpha value is -0.980. The molecule has 1 atom stereocenters. The van der Waals surface area contributed by atoms with E-state index in [2.05, 4.69) is 0 Å². The highest BCUT2D eigenvalue weighted by Crippen LogP contribution is 2.22. The average Bonchev–Trinajstić information content (AvgIpc) is 2.34. The van der Waals surface area contributed by atoms with Crippen LogP contribution in [0.4, 0.5) is 4.39 Å². The number of nitrogens with zero attached hydrogens (tertiary/aromatic N) is 1. The van der Waals surface area contributed by atoms with Crippen LogP contribution in [0.2, 0.25) is 0 Å². The fourth-order valence-electron chi connectivity index (χ4n) is 1.88. The van der Waals surface area contributed by atoms with E-state index in [1.807, 2.05) is 13.8 Å². The lowest BCUT2D eigenvalue weighted by Crippen LogP contribution is -2.35. The molecule has 4 nitrogen and oxygen atoms in total. The molecule has 0 aliphatic rings. The SMILES string of the molecule is Cc1cccc(F)c1S(=O)(=O)N(C)CCC(N)C(C)C. The van der Waals surface area contributed by atoms with Crippen molar-refractivity contribution in [3.8, 4) is 0 Å². The lowest BCUT2D eigenvalue weighted by molar-refractivity contribution is 0.395. The van der Waals surface area contributed by atoms with E-state index >= 15 is 0 Å². The first-order chi connectivity index (χ1) is 9.17. The van der Waals surface area contributed by atoms with E-state index in [1.165, 1.54) is 17.4 Å². The predicted octanol–water partition coefficient (Wildman–Crippen LogP) is 2.13. The first-order valence-corrected chi connectivity index (χ1v) is 8.09. The van der Waals surface area contributed by atoms with Crippen molar-refractivity contribution in [2.75, 3.05) is 13.6 Å². The Morgan fingerprint density at radius 2 is 1.95 bits per heavy atom. The molecule has 0 aliphatic heterocycles. The van der Waals surface area contributed by atoms with E-state index in [9.17, 15) is 12.8 Å². The largest absolute Gasteiger partial charge is 0.327 e. The predicted molar refractivity (Wildman–Crippen MR) is 78.4 cm³/mol. The summed E-state index contributed by atoms with van der Waals surface area (Å²) < 4.78 is 39.8. The summed E-state index contributed by atoms with van der Waals surface area (Å²) in [6, 6.07) is 4.17. The molecule has 114 valence electrons. The molecule has 0 amide bonds. The van der Waals surface area contributed by atoms with Gasteiger partial charge in [-0.2, -0.15) is 0 Å². The number of hydrogen-bond acceptors (Lipinski definition) is 3. The molecule has 1 rings (SSSR count). The fourth-order valence-corrected chi connectivity index (χ4v) is 3.33. The highest BCUT2D eigenvalue weighted by Gasteiger charge is 2.26. The summed E-state index contributed by atoms with van der Waals surface area (Å²) in [4.78, 5) is -0.249. The molecular formula is C14H23FN2O2S. The third-order valence-corrected chi connectivity index (χ3v) is 5.50. The summed E-state index contributed by atoms with van der Waals surface area (Å²) in [6.07, 6.45) is 0.543. The topological polar surface area (TPSA) is 63.4 Å². The van der Waals surface area contributed by atoms with Crippen LogP contribution >= 0.6 is 0 Å². The van der Waals surface area contributed by atoms with Crippen LogP contribution in [0.25, 0.3) is 0 Å². The van der Waals surface area contributed by atoms with Crippen LogP contribution in [0.5, 0.6) is 0 Å². The van der Waals surface area contributed by atoms with Crippen LogP contribution in [0.1, 0.15) is 25.8 Å². The van der Waals surface area contributed by atoms with Gasteiger partial charge in [-0.05, 0) is 30.9 Å². The van der Waals surface area contributed by atoms with Crippen LogP contribution in [0, 0.1) is 18.7 Å². The maximum absolute atomic E-state index is 13.8. The highest BCUT2D eigenvalue weighted by atomic mass is 32.2. The molecule has 1 aromatic carbocycles. The first-order valence-electron chi connectivity index (χ1n) is 6.65. The average molecular weight is 302 g/mol. The van der Waals surface area contributed by atoms with Crippen molar-refractivity contribution < 1.29 is 12.8 Å². The third kappa shape index (κ3) is 3.77. The summed E-state index contributed by atoms with van der Waals surface area (Å²) in [5, 5.41) is 0. The van der Waals surface area contributed by atoms with Gasteiger partial charge in [-0.25, -0.2) is 17.1 Å². The monoisotopic (exact) mass is 302 g/mol. The highest BCUT2D eigenvalue weighted by molar-refractivity contribution is 7.89. The smallest absolute Gasteiger partial charge is 0.245 e. The van der Waals surface area contributed by atoms with Gasteiger partial charge in [0.05, 0.1) is 0 Å². The van der Waals surface area contributed by atoms with Gasteiger partial charge in [0.1, 0.15) is 10.7 Å². The van der Waals surface area contributed by atoms with Crippen molar-refractivity contribution in [1.29, 1.82) is 0 Å². The van der Waals surface area contributed by atoms with E-state index in [4.69, 9.17) is 5.73 Å². The lowest BCUT2D eigenvalue weighted by atomic mass is 10.0. The van der Waals surface area contributed by atoms with Crippen molar-refractivity contribution in [2.24, 2.45) is 11.7 Å². The van der Waals surface area contributed by atoms with E-state index < -0.39 is 15.8 Å². The number of nitrogens with two attached hydrogens (primary N) is 1. The lowest BCUT2D eigenvalue weighted by Gasteiger charge is -2.22. The van der Waals surface area contributed by atoms with E-state index in [0.29, 0.717) is 12.0 Å². The molecule has 0 aliphatic carbocycles. The summed E-state index contributed by atoms with van der Waals surface area (Å²) >= 11 is 0. The van der Waals surface area contributed by atoms with Gasteiger partial charge in [0.15, 0.2) is 0 Å². The molecular weight excluding hydrogens is 279 g/mol. The molecule has 20 heavy (non-hydrogen) atoms. The van der Waals surface area contributed by atoms with E-state index in [1.54, 1.807) is 13.0 Å². The molecule has 6 heteroatoms. The normalized spacial score (nSPS) is 14.0. The Balaban J connectivity index is 2.94. The summed E-state index contributed by atoms with van der Waals surface area (Å²) in [5.41, 5.74) is 6.32. The van der Waals surface area contributed by atoms with Crippen LogP contribution in [0.15, 0.2) is 23.1 Å². The standard InChI is InChI=1S/C14H23FN2O2S/c1-10(2)13(16)8-9-17(4)20(18,19)14-11(3)6-5-7-12(14)15/h5-7,10,13H,8-9,16H2,1-4H3. The van der Waals surface area contributed by atoms with Crippen molar-refractivity contribution >= 4 is 10.0 Å². The van der Waals surface area contributed by atoms with E-state index in [-0.39, 0.29) is 23.4 Å². The second-order valence-electron chi connectivity index (χ2n) is 5.41. The van der Waals surface area contributed by atoms with Gasteiger partial charge >= 0.3 is 0 Å². The fraction of sp³-hybridized carbons (Fsp3) is 0.571. The maximum Gasteiger partial charge on any atom is 0.245 e. The number of aryl methyl sites for hydroxylation is 1. The number of hydrogen-bond donors (Lipinski definition) is 1.